The Balaban J connectivity index is 1.71. The molecule has 1 N–H and O–H groups in total. The van der Waals surface area contributed by atoms with E-state index >= 15 is 0 Å². The molecule has 1 aliphatic rings. The predicted molar refractivity (Wildman–Crippen MR) is 75.5 cm³/mol. The summed E-state index contributed by atoms with van der Waals surface area (Å²) in [5.41, 5.74) is 1.27. The van der Waals surface area contributed by atoms with Crippen molar-refractivity contribution in [3.05, 3.63) is 30.1 Å². The third kappa shape index (κ3) is 3.79. The molecule has 1 aliphatic heterocycles. The zero-order valence-corrected chi connectivity index (χ0v) is 11.6. The van der Waals surface area contributed by atoms with Crippen molar-refractivity contribution in [3.8, 4) is 0 Å². The van der Waals surface area contributed by atoms with Gasteiger partial charge in [0.25, 0.3) is 0 Å². The average molecular weight is 247 g/mol. The Kier molecular flexibility index (Phi) is 5.14. The molecule has 2 heterocycles. The lowest BCUT2D eigenvalue weighted by Crippen LogP contribution is -2.38. The molecule has 0 saturated carbocycles. The first-order valence-corrected chi connectivity index (χ1v) is 7.11. The van der Waals surface area contributed by atoms with E-state index < -0.39 is 0 Å². The molecule has 100 valence electrons. The van der Waals surface area contributed by atoms with Crippen molar-refractivity contribution in [1.82, 2.24) is 15.2 Å². The Morgan fingerprint density at radius 2 is 2.39 bits per heavy atom. The van der Waals surface area contributed by atoms with Gasteiger partial charge in [0.05, 0.1) is 0 Å². The van der Waals surface area contributed by atoms with E-state index in [1.54, 1.807) is 0 Å². The zero-order valence-electron chi connectivity index (χ0n) is 11.6. The van der Waals surface area contributed by atoms with Gasteiger partial charge in [-0.25, -0.2) is 0 Å². The van der Waals surface area contributed by atoms with E-state index in [2.05, 4.69) is 35.2 Å². The minimum atomic E-state index is 0.396. The van der Waals surface area contributed by atoms with Gasteiger partial charge in [0.1, 0.15) is 0 Å². The number of likely N-dealkylation sites (tertiary alicyclic amines) is 1. The number of rotatable bonds is 5. The number of pyridine rings is 1. The molecule has 3 heteroatoms. The molecule has 2 unspecified atom stereocenters. The number of hydrogen-bond acceptors (Lipinski definition) is 3. The van der Waals surface area contributed by atoms with E-state index in [-0.39, 0.29) is 0 Å². The van der Waals surface area contributed by atoms with E-state index in [9.17, 15) is 0 Å². The second-order valence-electron chi connectivity index (χ2n) is 5.38. The van der Waals surface area contributed by atoms with Gasteiger partial charge in [0.15, 0.2) is 0 Å². The van der Waals surface area contributed by atoms with Crippen LogP contribution in [0.2, 0.25) is 0 Å². The first-order valence-electron chi connectivity index (χ1n) is 7.11. The number of aromatic nitrogens is 1. The van der Waals surface area contributed by atoms with Gasteiger partial charge in [-0.2, -0.15) is 0 Å². The molecule has 0 amide bonds. The van der Waals surface area contributed by atoms with E-state index in [4.69, 9.17) is 0 Å². The SMILES string of the molecule is CC(NCCC1CCCCN1C)c1cccnc1. The van der Waals surface area contributed by atoms with Crippen LogP contribution in [-0.4, -0.2) is 36.1 Å². The van der Waals surface area contributed by atoms with Crippen molar-refractivity contribution in [1.29, 1.82) is 0 Å². The molecule has 0 aromatic carbocycles. The van der Waals surface area contributed by atoms with Crippen LogP contribution >= 0.6 is 0 Å². The molecule has 2 rings (SSSR count). The molecule has 0 aliphatic carbocycles. The third-order valence-electron chi connectivity index (χ3n) is 4.03. The van der Waals surface area contributed by atoms with Crippen LogP contribution < -0.4 is 5.32 Å². The number of hydrogen-bond donors (Lipinski definition) is 1. The van der Waals surface area contributed by atoms with Crippen LogP contribution in [0, 0.1) is 0 Å². The molecule has 1 fully saturated rings. The standard InChI is InChI=1S/C15H25N3/c1-13(14-6-5-9-16-12-14)17-10-8-15-7-3-4-11-18(15)2/h5-6,9,12-13,15,17H,3-4,7-8,10-11H2,1-2H3. The largest absolute Gasteiger partial charge is 0.310 e. The minimum absolute atomic E-state index is 0.396. The van der Waals surface area contributed by atoms with Gasteiger partial charge in [-0.05, 0) is 58.0 Å². The van der Waals surface area contributed by atoms with Crippen LogP contribution in [0.1, 0.15) is 44.2 Å². The average Bonchev–Trinajstić information content (AvgIpc) is 2.42. The Morgan fingerprint density at radius 1 is 1.50 bits per heavy atom. The molecule has 18 heavy (non-hydrogen) atoms. The van der Waals surface area contributed by atoms with Gasteiger partial charge >= 0.3 is 0 Å². The summed E-state index contributed by atoms with van der Waals surface area (Å²) in [6, 6.07) is 5.31. The Bertz CT molecular complexity index is 339. The molecule has 1 aromatic rings. The molecule has 0 spiro atoms. The molecule has 2 atom stereocenters. The van der Waals surface area contributed by atoms with Crippen LogP contribution in [0.4, 0.5) is 0 Å². The Morgan fingerprint density at radius 3 is 3.11 bits per heavy atom. The lowest BCUT2D eigenvalue weighted by molar-refractivity contribution is 0.174. The van der Waals surface area contributed by atoms with Gasteiger partial charge in [-0.15, -0.1) is 0 Å². The Labute approximate surface area is 111 Å². The van der Waals surface area contributed by atoms with E-state index in [1.165, 1.54) is 37.8 Å². The maximum Gasteiger partial charge on any atom is 0.0315 e. The first kappa shape index (κ1) is 13.5. The summed E-state index contributed by atoms with van der Waals surface area (Å²) in [6.07, 6.45) is 9.15. The second kappa shape index (κ2) is 6.86. The summed E-state index contributed by atoms with van der Waals surface area (Å²) >= 11 is 0. The fraction of sp³-hybridized carbons (Fsp3) is 0.667. The van der Waals surface area contributed by atoms with Gasteiger partial charge in [0.2, 0.25) is 0 Å². The summed E-state index contributed by atoms with van der Waals surface area (Å²) < 4.78 is 0. The number of nitrogens with one attached hydrogen (secondary N) is 1. The van der Waals surface area contributed by atoms with Crippen molar-refractivity contribution in [2.24, 2.45) is 0 Å². The lowest BCUT2D eigenvalue weighted by Gasteiger charge is -2.32. The monoisotopic (exact) mass is 247 g/mol. The summed E-state index contributed by atoms with van der Waals surface area (Å²) in [5.74, 6) is 0. The van der Waals surface area contributed by atoms with Crippen molar-refractivity contribution in [3.63, 3.8) is 0 Å². The van der Waals surface area contributed by atoms with Crippen LogP contribution in [0.25, 0.3) is 0 Å². The maximum atomic E-state index is 4.17. The topological polar surface area (TPSA) is 28.2 Å². The van der Waals surface area contributed by atoms with E-state index in [0.29, 0.717) is 6.04 Å². The number of nitrogens with zero attached hydrogens (tertiary/aromatic N) is 2. The highest BCUT2D eigenvalue weighted by Gasteiger charge is 2.18. The highest BCUT2D eigenvalue weighted by molar-refractivity contribution is 5.12. The van der Waals surface area contributed by atoms with Gasteiger partial charge < -0.3 is 10.2 Å². The highest BCUT2D eigenvalue weighted by atomic mass is 15.1. The molecule has 1 aromatic heterocycles. The predicted octanol–water partition coefficient (Wildman–Crippen LogP) is 2.61. The quantitative estimate of drug-likeness (QED) is 0.867. The molecule has 1 saturated heterocycles. The molecule has 0 radical (unpaired) electrons. The Hall–Kier alpha value is -0.930. The van der Waals surface area contributed by atoms with Gasteiger partial charge in [0, 0.05) is 24.5 Å². The van der Waals surface area contributed by atoms with Crippen LogP contribution in [-0.2, 0) is 0 Å². The van der Waals surface area contributed by atoms with Gasteiger partial charge in [-0.3, -0.25) is 4.98 Å². The smallest absolute Gasteiger partial charge is 0.0315 e. The fourth-order valence-electron chi connectivity index (χ4n) is 2.73. The van der Waals surface area contributed by atoms with E-state index in [1.807, 2.05) is 18.5 Å². The zero-order chi connectivity index (χ0) is 12.8. The van der Waals surface area contributed by atoms with Crippen molar-refractivity contribution >= 4 is 0 Å². The van der Waals surface area contributed by atoms with Crippen molar-refractivity contribution in [2.45, 2.75) is 44.7 Å². The summed E-state index contributed by atoms with van der Waals surface area (Å²) in [7, 11) is 2.26. The fourth-order valence-corrected chi connectivity index (χ4v) is 2.73. The number of piperidine rings is 1. The minimum Gasteiger partial charge on any atom is -0.310 e. The summed E-state index contributed by atoms with van der Waals surface area (Å²) in [5, 5.41) is 3.60. The van der Waals surface area contributed by atoms with Crippen molar-refractivity contribution in [2.75, 3.05) is 20.1 Å². The van der Waals surface area contributed by atoms with Gasteiger partial charge in [-0.1, -0.05) is 12.5 Å². The maximum absolute atomic E-state index is 4.17. The van der Waals surface area contributed by atoms with Crippen LogP contribution in [0.5, 0.6) is 0 Å². The normalized spacial score (nSPS) is 22.9. The third-order valence-corrected chi connectivity index (χ3v) is 4.03. The van der Waals surface area contributed by atoms with Crippen LogP contribution in [0.15, 0.2) is 24.5 Å². The molecular formula is C15H25N3. The van der Waals surface area contributed by atoms with E-state index in [0.717, 1.165) is 12.6 Å². The molecule has 0 bridgehead atoms. The molecular weight excluding hydrogens is 222 g/mol. The first-order chi connectivity index (χ1) is 8.77. The van der Waals surface area contributed by atoms with Crippen molar-refractivity contribution < 1.29 is 0 Å². The molecule has 3 nitrogen and oxygen atoms in total. The summed E-state index contributed by atoms with van der Waals surface area (Å²) in [4.78, 5) is 6.68. The lowest BCUT2D eigenvalue weighted by atomic mass is 10.00. The second-order valence-corrected chi connectivity index (χ2v) is 5.38. The highest BCUT2D eigenvalue weighted by Crippen LogP contribution is 2.18. The van der Waals surface area contributed by atoms with Crippen LogP contribution in [0.3, 0.4) is 0 Å². The summed E-state index contributed by atoms with van der Waals surface area (Å²) in [6.45, 7) is 4.56.